The van der Waals surface area contributed by atoms with Gasteiger partial charge >= 0.3 is 8.25 Å². The second kappa shape index (κ2) is 16.3. The van der Waals surface area contributed by atoms with E-state index in [2.05, 4.69) is 5.32 Å². The Kier molecular flexibility index (Phi) is 18.8. The predicted octanol–water partition coefficient (Wildman–Crippen LogP) is -0.318. The Balaban J connectivity index is 0. The van der Waals surface area contributed by atoms with Crippen molar-refractivity contribution in [2.45, 2.75) is 25.7 Å². The van der Waals surface area contributed by atoms with Crippen LogP contribution >= 0.6 is 8.25 Å². The summed E-state index contributed by atoms with van der Waals surface area (Å²) in [6, 6.07) is 0. The quantitative estimate of drug-likeness (QED) is 0.339. The molecule has 1 aliphatic carbocycles. The van der Waals surface area contributed by atoms with Crippen LogP contribution in [-0.4, -0.2) is 36.0 Å². The van der Waals surface area contributed by atoms with Crippen molar-refractivity contribution in [2.24, 2.45) is 11.5 Å². The minimum absolute atomic E-state index is 0.694. The smallest absolute Gasteiger partial charge is 0.329 e. The first-order chi connectivity index (χ1) is 7.15. The lowest BCUT2D eigenvalue weighted by Gasteiger charge is -2.05. The summed E-state index contributed by atoms with van der Waals surface area (Å²) in [6.45, 7) is 3.13. The van der Waals surface area contributed by atoms with Crippen molar-refractivity contribution < 1.29 is 14.4 Å². The maximum Gasteiger partial charge on any atom is 0.692 e. The fraction of sp³-hybridized carbons (Fsp3) is 1.00. The van der Waals surface area contributed by atoms with Gasteiger partial charge in [-0.1, -0.05) is 25.7 Å². The van der Waals surface area contributed by atoms with Crippen LogP contribution in [0.4, 0.5) is 0 Å². The molecule has 7 heteroatoms. The molecule has 0 aliphatic heterocycles. The Hall–Kier alpha value is -0.100. The Bertz CT molecular complexity index is 122. The van der Waals surface area contributed by atoms with Crippen LogP contribution in [0.2, 0.25) is 0 Å². The molecule has 0 aromatic carbocycles. The minimum atomic E-state index is -2.87. The predicted molar refractivity (Wildman–Crippen MR) is 61.5 cm³/mol. The van der Waals surface area contributed by atoms with Crippen molar-refractivity contribution in [1.29, 1.82) is 0 Å². The maximum absolute atomic E-state index is 8.70. The largest absolute Gasteiger partial charge is 0.692 e. The molecule has 1 rings (SSSR count). The second-order valence-corrected chi connectivity index (χ2v) is 3.50. The van der Waals surface area contributed by atoms with Crippen LogP contribution in [-0.2, 0) is 4.57 Å². The van der Waals surface area contributed by atoms with Gasteiger partial charge in [0.05, 0.1) is 0 Å². The van der Waals surface area contributed by atoms with E-state index in [0.29, 0.717) is 13.1 Å². The molecule has 0 aromatic rings. The van der Waals surface area contributed by atoms with Crippen LogP contribution < -0.4 is 16.8 Å². The van der Waals surface area contributed by atoms with Gasteiger partial charge in [-0.05, 0) is 0 Å². The van der Waals surface area contributed by atoms with E-state index < -0.39 is 8.25 Å². The van der Waals surface area contributed by atoms with Crippen molar-refractivity contribution in [2.75, 3.05) is 26.2 Å². The molecule has 7 N–H and O–H groups in total. The highest BCUT2D eigenvalue weighted by Crippen LogP contribution is 2.15. The highest BCUT2D eigenvalue weighted by atomic mass is 31.1. The van der Waals surface area contributed by atoms with Gasteiger partial charge in [-0.3, -0.25) is 0 Å². The first kappa shape index (κ1) is 17.3. The number of hydrogen-bond acceptors (Lipinski definition) is 4. The third kappa shape index (κ3) is 31.5. The maximum atomic E-state index is 8.70. The lowest BCUT2D eigenvalue weighted by molar-refractivity contribution is 0.405. The topological polar surface area (TPSA) is 122 Å². The van der Waals surface area contributed by atoms with Gasteiger partial charge in [-0.15, -0.1) is 9.79 Å². The molecule has 0 amide bonds. The monoisotopic (exact) mass is 240 g/mol. The van der Waals surface area contributed by atoms with Gasteiger partial charge in [-0.25, -0.2) is 0 Å². The summed E-state index contributed by atoms with van der Waals surface area (Å²) in [6.07, 6.45) is 6.00. The van der Waals surface area contributed by atoms with Gasteiger partial charge < -0.3 is 16.8 Å². The summed E-state index contributed by atoms with van der Waals surface area (Å²) < 4.78 is 8.70. The zero-order chi connectivity index (χ0) is 11.9. The molecule has 0 unspecified atom stereocenters. The molecule has 1 saturated carbocycles. The Morgan fingerprint density at radius 3 is 1.40 bits per heavy atom. The Morgan fingerprint density at radius 2 is 1.27 bits per heavy atom. The summed E-state index contributed by atoms with van der Waals surface area (Å²) in [5.41, 5.74) is 10.3. The van der Waals surface area contributed by atoms with E-state index in [1.807, 2.05) is 0 Å². The van der Waals surface area contributed by atoms with Crippen LogP contribution in [0.3, 0.4) is 0 Å². The third-order valence-corrected chi connectivity index (χ3v) is 1.64. The molecule has 0 radical (unpaired) electrons. The van der Waals surface area contributed by atoms with Crippen LogP contribution in [0.15, 0.2) is 0 Å². The molecule has 1 aliphatic rings. The van der Waals surface area contributed by atoms with E-state index in [9.17, 15) is 0 Å². The second-order valence-electron chi connectivity index (χ2n) is 2.99. The lowest BCUT2D eigenvalue weighted by atomic mass is 10.0. The summed E-state index contributed by atoms with van der Waals surface area (Å²) in [4.78, 5) is 14.2. The van der Waals surface area contributed by atoms with Crippen molar-refractivity contribution >= 4 is 8.25 Å². The first-order valence-electron chi connectivity index (χ1n) is 5.11. The number of rotatable bonds is 4. The van der Waals surface area contributed by atoms with Gasteiger partial charge in [0.25, 0.3) is 0 Å². The number of nitrogens with one attached hydrogen (secondary N) is 1. The van der Waals surface area contributed by atoms with Crippen molar-refractivity contribution in [3.05, 3.63) is 0 Å². The molecular weight excluding hydrogens is 217 g/mol. The fourth-order valence-electron chi connectivity index (χ4n) is 0.579. The van der Waals surface area contributed by atoms with Crippen molar-refractivity contribution in [3.8, 4) is 0 Å². The molecule has 0 atom stereocenters. The Labute approximate surface area is 92.0 Å². The van der Waals surface area contributed by atoms with Gasteiger partial charge in [-0.2, -0.15) is 0 Å². The van der Waals surface area contributed by atoms with Crippen LogP contribution in [0.25, 0.3) is 0 Å². The van der Waals surface area contributed by atoms with Crippen molar-refractivity contribution in [1.82, 2.24) is 5.32 Å². The highest BCUT2D eigenvalue weighted by Gasteiger charge is 1.95. The minimum Gasteiger partial charge on any atom is -0.329 e. The van der Waals surface area contributed by atoms with Gasteiger partial charge in [0, 0.05) is 30.7 Å². The summed E-state index contributed by atoms with van der Waals surface area (Å²) in [5, 5.41) is 3.03. The van der Waals surface area contributed by atoms with E-state index in [4.69, 9.17) is 25.8 Å². The van der Waals surface area contributed by atoms with E-state index in [0.717, 1.165) is 13.1 Å². The summed E-state index contributed by atoms with van der Waals surface area (Å²) >= 11 is 0. The molecule has 0 aromatic heterocycles. The van der Waals surface area contributed by atoms with E-state index in [1.54, 1.807) is 0 Å². The molecule has 92 valence electrons. The van der Waals surface area contributed by atoms with E-state index >= 15 is 0 Å². The molecule has 6 nitrogen and oxygen atoms in total. The Morgan fingerprint density at radius 1 is 1.00 bits per heavy atom. The normalized spacial score (nSPS) is 12.5. The van der Waals surface area contributed by atoms with Crippen LogP contribution in [0.1, 0.15) is 25.7 Å². The lowest BCUT2D eigenvalue weighted by Crippen LogP contribution is -2.27. The van der Waals surface area contributed by atoms with E-state index in [1.165, 1.54) is 25.7 Å². The molecular formula is C8H23N3O3P+. The molecule has 0 bridgehead atoms. The van der Waals surface area contributed by atoms with Crippen LogP contribution in [0.5, 0.6) is 0 Å². The SMILES string of the molecule is C1CCC1.NCCNCCN.O=[P+](O)O. The average Bonchev–Trinajstić information content (AvgIpc) is 2.01. The standard InChI is InChI=1S/C4H13N3.C4H8.HO3P/c5-1-3-7-4-2-6;1-2-4-3-1;1-4(2)3/h7H,1-6H2;1-4H2;(H-,1,2,3)/p+1. The fourth-order valence-corrected chi connectivity index (χ4v) is 0.579. The molecule has 0 heterocycles. The molecule has 0 saturated heterocycles. The zero-order valence-corrected chi connectivity index (χ0v) is 9.96. The molecule has 1 fully saturated rings. The first-order valence-corrected chi connectivity index (χ1v) is 6.27. The summed E-state index contributed by atoms with van der Waals surface area (Å²) in [5.74, 6) is 0. The molecule has 15 heavy (non-hydrogen) atoms. The average molecular weight is 240 g/mol. The van der Waals surface area contributed by atoms with Crippen LogP contribution in [0, 0.1) is 0 Å². The van der Waals surface area contributed by atoms with E-state index in [-0.39, 0.29) is 0 Å². The van der Waals surface area contributed by atoms with Gasteiger partial charge in [0.1, 0.15) is 0 Å². The number of nitrogens with two attached hydrogens (primary N) is 2. The zero-order valence-electron chi connectivity index (χ0n) is 9.06. The van der Waals surface area contributed by atoms with Gasteiger partial charge in [0.2, 0.25) is 0 Å². The highest BCUT2D eigenvalue weighted by molar-refractivity contribution is 7.30. The molecule has 0 spiro atoms. The van der Waals surface area contributed by atoms with Crippen molar-refractivity contribution in [3.63, 3.8) is 0 Å². The summed E-state index contributed by atoms with van der Waals surface area (Å²) in [7, 11) is -2.87. The number of hydrogen-bond donors (Lipinski definition) is 5. The van der Waals surface area contributed by atoms with Gasteiger partial charge in [0.15, 0.2) is 0 Å². The third-order valence-electron chi connectivity index (χ3n) is 1.64.